The van der Waals surface area contributed by atoms with Crippen molar-refractivity contribution in [3.63, 3.8) is 0 Å². The molecule has 0 saturated heterocycles. The van der Waals surface area contributed by atoms with E-state index in [9.17, 15) is 17.8 Å². The zero-order chi connectivity index (χ0) is 37.4. The van der Waals surface area contributed by atoms with E-state index in [1.165, 1.54) is 6.92 Å². The zero-order valence-corrected chi connectivity index (χ0v) is 30.6. The number of allylic oxidation sites excluding steroid dienone is 2. The lowest BCUT2D eigenvalue weighted by molar-refractivity contribution is -0.673. The van der Waals surface area contributed by atoms with E-state index in [0.29, 0.717) is 18.0 Å². The van der Waals surface area contributed by atoms with Crippen LogP contribution in [-0.4, -0.2) is 40.6 Å². The molecule has 0 fully saturated rings. The van der Waals surface area contributed by atoms with Gasteiger partial charge in [-0.25, -0.2) is 18.0 Å². The first kappa shape index (κ1) is 34.8. The van der Waals surface area contributed by atoms with Gasteiger partial charge >= 0.3 is 0 Å². The Bertz CT molecular complexity index is 2670. The SMILES string of the molecule is CCN1C(=CC=Cc2n(-c3ccccc3)c3ccc(C(C)=O)cc3[n+]2CCCS(=O)(=O)[O-])N(c2ccccc2)c2ccc(-c3nc4ccccc4o3)cc21. The van der Waals surface area contributed by atoms with Crippen LogP contribution in [-0.2, 0) is 16.7 Å². The highest BCUT2D eigenvalue weighted by molar-refractivity contribution is 7.85. The second kappa shape index (κ2) is 14.3. The number of Topliss-reactive ketones (excluding diaryl/α,β-unsaturated/α-hetero) is 1. The van der Waals surface area contributed by atoms with Crippen molar-refractivity contribution < 1.29 is 26.7 Å². The number of anilines is 3. The lowest BCUT2D eigenvalue weighted by atomic mass is 10.1. The minimum atomic E-state index is -4.42. The van der Waals surface area contributed by atoms with Crippen LogP contribution in [0.1, 0.15) is 36.5 Å². The minimum Gasteiger partial charge on any atom is -0.748 e. The van der Waals surface area contributed by atoms with Gasteiger partial charge in [0, 0.05) is 41.3 Å². The second-order valence-corrected chi connectivity index (χ2v) is 14.6. The number of para-hydroxylation sites is 4. The van der Waals surface area contributed by atoms with Gasteiger partial charge in [-0.05, 0) is 93.1 Å². The topological polar surface area (TPSA) is 116 Å². The van der Waals surface area contributed by atoms with Gasteiger partial charge in [0.2, 0.25) is 5.89 Å². The van der Waals surface area contributed by atoms with Gasteiger partial charge in [-0.1, -0.05) is 54.6 Å². The highest BCUT2D eigenvalue weighted by atomic mass is 32.2. The molecule has 54 heavy (non-hydrogen) atoms. The summed E-state index contributed by atoms with van der Waals surface area (Å²) in [6.45, 7) is 4.55. The van der Waals surface area contributed by atoms with Crippen LogP contribution in [0.25, 0.3) is 45.4 Å². The van der Waals surface area contributed by atoms with E-state index in [-0.39, 0.29) is 18.7 Å². The van der Waals surface area contributed by atoms with E-state index >= 15 is 0 Å². The third kappa shape index (κ3) is 6.59. The quantitative estimate of drug-likeness (QED) is 0.0739. The third-order valence-corrected chi connectivity index (χ3v) is 10.4. The number of rotatable bonds is 11. The van der Waals surface area contributed by atoms with E-state index in [0.717, 1.165) is 62.1 Å². The zero-order valence-electron chi connectivity index (χ0n) is 29.8. The molecule has 7 aromatic rings. The Morgan fingerprint density at radius 3 is 2.30 bits per heavy atom. The molecule has 0 radical (unpaired) electrons. The molecule has 0 saturated carbocycles. The summed E-state index contributed by atoms with van der Waals surface area (Å²) >= 11 is 0. The van der Waals surface area contributed by atoms with Gasteiger partial charge in [0.1, 0.15) is 17.0 Å². The fraction of sp³-hybridized carbons (Fsp3) is 0.140. The summed E-state index contributed by atoms with van der Waals surface area (Å²) in [6.07, 6.45) is 6.15. The second-order valence-electron chi connectivity index (χ2n) is 13.0. The van der Waals surface area contributed by atoms with E-state index in [1.54, 1.807) is 6.07 Å². The van der Waals surface area contributed by atoms with Gasteiger partial charge in [0.05, 0.1) is 28.0 Å². The molecule has 0 N–H and O–H groups in total. The summed E-state index contributed by atoms with van der Waals surface area (Å²) in [4.78, 5) is 21.7. The smallest absolute Gasteiger partial charge is 0.287 e. The van der Waals surface area contributed by atoms with Crippen molar-refractivity contribution in [2.24, 2.45) is 0 Å². The molecular formula is C43H37N5O5S. The van der Waals surface area contributed by atoms with E-state index in [4.69, 9.17) is 9.40 Å². The Labute approximate surface area is 313 Å². The summed E-state index contributed by atoms with van der Waals surface area (Å²) in [5.74, 6) is 1.64. The van der Waals surface area contributed by atoms with E-state index in [1.807, 2.05) is 108 Å². The highest BCUT2D eigenvalue weighted by Crippen LogP contribution is 2.47. The third-order valence-electron chi connectivity index (χ3n) is 9.58. The number of carbonyl (C=O) groups is 1. The van der Waals surface area contributed by atoms with E-state index in [2.05, 4.69) is 51.6 Å². The summed E-state index contributed by atoms with van der Waals surface area (Å²) in [6, 6.07) is 39.5. The van der Waals surface area contributed by atoms with Gasteiger partial charge in [-0.15, -0.1) is 0 Å². The maximum atomic E-state index is 12.5. The normalized spacial score (nSPS) is 13.9. The van der Waals surface area contributed by atoms with Crippen molar-refractivity contribution in [3.05, 3.63) is 151 Å². The van der Waals surface area contributed by atoms with Crippen LogP contribution in [0.15, 0.2) is 144 Å². The van der Waals surface area contributed by atoms with Gasteiger partial charge in [-0.2, -0.15) is 4.57 Å². The Kier molecular flexibility index (Phi) is 9.18. The van der Waals surface area contributed by atoms with Crippen LogP contribution in [0.5, 0.6) is 0 Å². The number of nitrogens with zero attached hydrogens (tertiary/aromatic N) is 5. The Morgan fingerprint density at radius 1 is 0.870 bits per heavy atom. The van der Waals surface area contributed by atoms with Crippen LogP contribution in [0, 0.1) is 0 Å². The van der Waals surface area contributed by atoms with Gasteiger partial charge in [0.15, 0.2) is 22.4 Å². The molecule has 3 heterocycles. The molecule has 11 heteroatoms. The first-order valence-corrected chi connectivity index (χ1v) is 19.4. The van der Waals surface area contributed by atoms with Crippen LogP contribution < -0.4 is 14.4 Å². The fourth-order valence-electron chi connectivity index (χ4n) is 7.15. The fourth-order valence-corrected chi connectivity index (χ4v) is 7.64. The lowest BCUT2D eigenvalue weighted by Gasteiger charge is -2.24. The van der Waals surface area contributed by atoms with Crippen molar-refractivity contribution in [2.75, 3.05) is 22.1 Å². The number of ketones is 1. The minimum absolute atomic E-state index is 0.0828. The summed E-state index contributed by atoms with van der Waals surface area (Å²) in [5.41, 5.74) is 8.42. The molecule has 0 amide bonds. The largest absolute Gasteiger partial charge is 0.748 e. The first-order valence-electron chi connectivity index (χ1n) is 17.8. The van der Waals surface area contributed by atoms with Crippen molar-refractivity contribution in [1.29, 1.82) is 0 Å². The number of aryl methyl sites for hydroxylation is 1. The predicted molar refractivity (Wildman–Crippen MR) is 211 cm³/mol. The number of hydrogen-bond acceptors (Lipinski definition) is 8. The molecule has 2 aromatic heterocycles. The number of carbonyl (C=O) groups excluding carboxylic acids is 1. The molecule has 5 aromatic carbocycles. The molecule has 1 aliphatic heterocycles. The number of aromatic nitrogens is 3. The maximum Gasteiger partial charge on any atom is 0.287 e. The van der Waals surface area contributed by atoms with Crippen molar-refractivity contribution in [1.82, 2.24) is 9.55 Å². The molecule has 0 atom stereocenters. The molecule has 0 spiro atoms. The number of oxazole rings is 1. The number of benzene rings is 5. The summed E-state index contributed by atoms with van der Waals surface area (Å²) in [5, 5.41) is 0. The molecule has 0 bridgehead atoms. The Morgan fingerprint density at radius 2 is 1.59 bits per heavy atom. The molecule has 8 rings (SSSR count). The highest BCUT2D eigenvalue weighted by Gasteiger charge is 2.32. The van der Waals surface area contributed by atoms with Gasteiger partial charge < -0.3 is 13.9 Å². The van der Waals surface area contributed by atoms with Crippen LogP contribution >= 0.6 is 0 Å². The Hall–Kier alpha value is -6.30. The molecular weight excluding hydrogens is 699 g/mol. The Balaban J connectivity index is 1.27. The molecule has 270 valence electrons. The van der Waals surface area contributed by atoms with Crippen LogP contribution in [0.3, 0.4) is 0 Å². The average Bonchev–Trinajstić information content (AvgIpc) is 3.84. The maximum absolute atomic E-state index is 12.5. The average molecular weight is 736 g/mol. The molecule has 0 unspecified atom stereocenters. The van der Waals surface area contributed by atoms with Crippen LogP contribution in [0.2, 0.25) is 0 Å². The van der Waals surface area contributed by atoms with E-state index < -0.39 is 15.9 Å². The predicted octanol–water partition coefficient (Wildman–Crippen LogP) is 8.40. The van der Waals surface area contributed by atoms with Crippen molar-refractivity contribution >= 4 is 61.2 Å². The lowest BCUT2D eigenvalue weighted by Crippen LogP contribution is -2.37. The van der Waals surface area contributed by atoms with Crippen LogP contribution in [0.4, 0.5) is 17.1 Å². The first-order chi connectivity index (χ1) is 26.2. The van der Waals surface area contributed by atoms with Gasteiger partial charge in [0.25, 0.3) is 5.82 Å². The molecule has 1 aliphatic rings. The standard InChI is InChI=1S/C43H37N5O5S/c1-3-45-38-29-32(43-44-35-18-10-11-19-40(35)53-43)23-25-36(38)47(33-14-6-4-7-15-33)41(45)20-12-21-42-46(26-13-27-54(50,51)52)39-28-31(30(2)49)22-24-37(39)48(42)34-16-8-5-9-17-34/h4-12,14-25,28-29H,3,13,26-27H2,1-2H3. The number of fused-ring (bicyclic) bond motifs is 3. The van der Waals surface area contributed by atoms with Gasteiger partial charge in [-0.3, -0.25) is 9.69 Å². The summed E-state index contributed by atoms with van der Waals surface area (Å²) in [7, 11) is -4.42. The van der Waals surface area contributed by atoms with Crippen molar-refractivity contribution in [2.45, 2.75) is 26.8 Å². The monoisotopic (exact) mass is 735 g/mol. The number of hydrogen-bond donors (Lipinski definition) is 0. The number of imidazole rings is 1. The molecule has 10 nitrogen and oxygen atoms in total. The van der Waals surface area contributed by atoms with Crippen molar-refractivity contribution in [3.8, 4) is 17.1 Å². The summed E-state index contributed by atoms with van der Waals surface area (Å²) < 4.78 is 45.2. The molecule has 0 aliphatic carbocycles.